The van der Waals surface area contributed by atoms with Crippen molar-refractivity contribution in [2.24, 2.45) is 0 Å². The summed E-state index contributed by atoms with van der Waals surface area (Å²) >= 11 is 0. The van der Waals surface area contributed by atoms with Gasteiger partial charge in [-0.15, -0.1) is 0 Å². The molecular formula is C18H18O2. The molecule has 1 aliphatic rings. The fraction of sp³-hybridized carbons (Fsp3) is 0.222. The van der Waals surface area contributed by atoms with Crippen LogP contribution in [0.25, 0.3) is 17.2 Å². The summed E-state index contributed by atoms with van der Waals surface area (Å²) in [6.45, 7) is 7.76. The van der Waals surface area contributed by atoms with E-state index in [0.717, 1.165) is 46.2 Å². The third-order valence-electron chi connectivity index (χ3n) is 4.38. The van der Waals surface area contributed by atoms with Crippen molar-refractivity contribution in [2.75, 3.05) is 0 Å². The van der Waals surface area contributed by atoms with Crippen molar-refractivity contribution >= 4 is 6.08 Å². The third-order valence-corrected chi connectivity index (χ3v) is 4.38. The number of hydrogen-bond acceptors (Lipinski definition) is 2. The predicted molar refractivity (Wildman–Crippen MR) is 82.2 cm³/mol. The fourth-order valence-electron chi connectivity index (χ4n) is 3.17. The van der Waals surface area contributed by atoms with Gasteiger partial charge in [0.05, 0.1) is 0 Å². The van der Waals surface area contributed by atoms with Crippen LogP contribution in [-0.2, 0) is 12.8 Å². The number of aryl methyl sites for hydroxylation is 1. The van der Waals surface area contributed by atoms with Gasteiger partial charge in [-0.3, -0.25) is 0 Å². The smallest absolute Gasteiger partial charge is 0.119 e. The fourth-order valence-corrected chi connectivity index (χ4v) is 3.17. The number of phenolic OH excluding ortho intramolecular Hbond substituents is 2. The number of rotatable bonds is 1. The van der Waals surface area contributed by atoms with Gasteiger partial charge in [0, 0.05) is 0 Å². The second-order valence-electron chi connectivity index (χ2n) is 5.41. The highest BCUT2D eigenvalue weighted by Gasteiger charge is 2.23. The third kappa shape index (κ3) is 1.64. The van der Waals surface area contributed by atoms with Gasteiger partial charge in [-0.25, -0.2) is 0 Å². The molecule has 0 radical (unpaired) electrons. The number of aromatic hydroxyl groups is 2. The molecule has 0 saturated carbocycles. The molecule has 3 rings (SSSR count). The van der Waals surface area contributed by atoms with Crippen LogP contribution < -0.4 is 0 Å². The van der Waals surface area contributed by atoms with E-state index in [-0.39, 0.29) is 0 Å². The normalized spacial score (nSPS) is 12.7. The topological polar surface area (TPSA) is 40.5 Å². The summed E-state index contributed by atoms with van der Waals surface area (Å²) in [5.74, 6) is 0.681. The van der Waals surface area contributed by atoms with Gasteiger partial charge in [-0.05, 0) is 77.8 Å². The summed E-state index contributed by atoms with van der Waals surface area (Å²) in [4.78, 5) is 0. The average Bonchev–Trinajstić information content (AvgIpc) is 2.44. The van der Waals surface area contributed by atoms with Crippen LogP contribution in [0.5, 0.6) is 11.5 Å². The molecule has 0 unspecified atom stereocenters. The molecule has 0 aromatic heterocycles. The molecule has 102 valence electrons. The zero-order valence-corrected chi connectivity index (χ0v) is 11.8. The molecule has 2 N–H and O–H groups in total. The van der Waals surface area contributed by atoms with E-state index in [2.05, 4.69) is 6.58 Å². The Morgan fingerprint density at radius 3 is 2.50 bits per heavy atom. The molecule has 0 aliphatic heterocycles. The molecule has 0 spiro atoms. The van der Waals surface area contributed by atoms with Gasteiger partial charge in [-0.1, -0.05) is 18.7 Å². The van der Waals surface area contributed by atoms with Crippen LogP contribution in [0.3, 0.4) is 0 Å². The molecule has 2 aromatic carbocycles. The molecule has 0 fully saturated rings. The van der Waals surface area contributed by atoms with Gasteiger partial charge < -0.3 is 10.2 Å². The van der Waals surface area contributed by atoms with Crippen molar-refractivity contribution in [1.29, 1.82) is 0 Å². The first kappa shape index (κ1) is 12.8. The highest BCUT2D eigenvalue weighted by atomic mass is 16.3. The molecule has 1 aliphatic carbocycles. The second-order valence-corrected chi connectivity index (χ2v) is 5.41. The summed E-state index contributed by atoms with van der Waals surface area (Å²) in [6.07, 6.45) is 3.58. The Balaban J connectivity index is 2.39. The molecule has 2 nitrogen and oxygen atoms in total. The highest BCUT2D eigenvalue weighted by molar-refractivity contribution is 5.85. The number of phenols is 2. The van der Waals surface area contributed by atoms with E-state index in [9.17, 15) is 10.2 Å². The van der Waals surface area contributed by atoms with Gasteiger partial charge in [0.2, 0.25) is 0 Å². The monoisotopic (exact) mass is 266 g/mol. The van der Waals surface area contributed by atoms with Crippen molar-refractivity contribution in [3.63, 3.8) is 0 Å². The minimum atomic E-state index is 0.331. The zero-order valence-electron chi connectivity index (χ0n) is 11.8. The quantitative estimate of drug-likeness (QED) is 0.815. The minimum absolute atomic E-state index is 0.331. The van der Waals surface area contributed by atoms with Crippen LogP contribution >= 0.6 is 0 Å². The lowest BCUT2D eigenvalue weighted by molar-refractivity contribution is 0.468. The summed E-state index contributed by atoms with van der Waals surface area (Å²) in [6, 6.07) is 5.58. The molecule has 0 bridgehead atoms. The molecule has 0 amide bonds. The second kappa shape index (κ2) is 4.41. The van der Waals surface area contributed by atoms with Gasteiger partial charge in [0.1, 0.15) is 11.5 Å². The minimum Gasteiger partial charge on any atom is -0.508 e. The average molecular weight is 266 g/mol. The van der Waals surface area contributed by atoms with E-state index in [4.69, 9.17) is 0 Å². The summed E-state index contributed by atoms with van der Waals surface area (Å²) < 4.78 is 0. The maximum atomic E-state index is 10.0. The maximum absolute atomic E-state index is 10.0. The maximum Gasteiger partial charge on any atom is 0.119 e. The van der Waals surface area contributed by atoms with Crippen LogP contribution in [0.1, 0.15) is 27.8 Å². The molecule has 0 saturated heterocycles. The van der Waals surface area contributed by atoms with Crippen molar-refractivity contribution in [1.82, 2.24) is 0 Å². The lowest BCUT2D eigenvalue weighted by Gasteiger charge is -2.25. The molecule has 20 heavy (non-hydrogen) atoms. The van der Waals surface area contributed by atoms with E-state index >= 15 is 0 Å². The van der Waals surface area contributed by atoms with Crippen molar-refractivity contribution in [3.05, 3.63) is 52.6 Å². The van der Waals surface area contributed by atoms with E-state index in [0.29, 0.717) is 11.5 Å². The first-order valence-corrected chi connectivity index (χ1v) is 6.84. The van der Waals surface area contributed by atoms with Crippen LogP contribution in [0.2, 0.25) is 0 Å². The molecule has 0 heterocycles. The van der Waals surface area contributed by atoms with Gasteiger partial charge >= 0.3 is 0 Å². The zero-order chi connectivity index (χ0) is 14.4. The Bertz CT molecular complexity index is 727. The van der Waals surface area contributed by atoms with E-state index in [1.807, 2.05) is 32.1 Å². The largest absolute Gasteiger partial charge is 0.508 e. The lowest BCUT2D eigenvalue weighted by atomic mass is 9.79. The van der Waals surface area contributed by atoms with Crippen molar-refractivity contribution in [3.8, 4) is 22.6 Å². The van der Waals surface area contributed by atoms with Gasteiger partial charge in [0.15, 0.2) is 0 Å². The van der Waals surface area contributed by atoms with Crippen LogP contribution in [0, 0.1) is 13.8 Å². The Kier molecular flexibility index (Phi) is 2.82. The van der Waals surface area contributed by atoms with Crippen molar-refractivity contribution in [2.45, 2.75) is 26.7 Å². The van der Waals surface area contributed by atoms with E-state index < -0.39 is 0 Å². The summed E-state index contributed by atoms with van der Waals surface area (Å²) in [5.41, 5.74) is 7.46. The summed E-state index contributed by atoms with van der Waals surface area (Å²) in [5, 5.41) is 19.9. The van der Waals surface area contributed by atoms with Crippen LogP contribution in [0.4, 0.5) is 0 Å². The first-order valence-electron chi connectivity index (χ1n) is 6.84. The summed E-state index contributed by atoms with van der Waals surface area (Å²) in [7, 11) is 0. The van der Waals surface area contributed by atoms with E-state index in [1.54, 1.807) is 6.07 Å². The predicted octanol–water partition coefficient (Wildman–Crippen LogP) is 4.12. The highest BCUT2D eigenvalue weighted by Crippen LogP contribution is 2.43. The lowest BCUT2D eigenvalue weighted by Crippen LogP contribution is -2.08. The SMILES string of the molecule is C=Cc1c(C)c(O)cc2c1-c1ccc(O)c(C)c1CC2. The Morgan fingerprint density at radius 1 is 1.05 bits per heavy atom. The first-order chi connectivity index (χ1) is 9.54. The Morgan fingerprint density at radius 2 is 1.80 bits per heavy atom. The standard InChI is InChI=1S/C18H18O2/c1-4-13-10(2)17(20)9-12-5-6-14-11(3)16(19)8-7-15(14)18(12)13/h4,7-9,19-20H,1,5-6H2,2-3H3. The van der Waals surface area contributed by atoms with Gasteiger partial charge in [0.25, 0.3) is 0 Å². The van der Waals surface area contributed by atoms with Crippen molar-refractivity contribution < 1.29 is 10.2 Å². The van der Waals surface area contributed by atoms with Crippen LogP contribution in [-0.4, -0.2) is 10.2 Å². The number of benzene rings is 2. The Labute approximate surface area is 119 Å². The molecule has 2 heteroatoms. The van der Waals surface area contributed by atoms with E-state index in [1.165, 1.54) is 5.56 Å². The molecule has 2 aromatic rings. The molecule has 0 atom stereocenters. The number of fused-ring (bicyclic) bond motifs is 3. The Hall–Kier alpha value is -2.22. The molecular weight excluding hydrogens is 248 g/mol. The number of hydrogen-bond donors (Lipinski definition) is 2. The van der Waals surface area contributed by atoms with Crippen LogP contribution in [0.15, 0.2) is 24.8 Å². The van der Waals surface area contributed by atoms with Gasteiger partial charge in [-0.2, -0.15) is 0 Å².